The second kappa shape index (κ2) is 9.27. The van der Waals surface area contributed by atoms with E-state index in [4.69, 9.17) is 21.1 Å². The second-order valence-corrected chi connectivity index (χ2v) is 9.20. The third-order valence-corrected chi connectivity index (χ3v) is 6.46. The standard InChI is InChI=1S/C23H29ClFN3O3/c1-15(2)19-8-9-20(31-19)16-4-6-17(7-5-16)28-22(29)21(24)18(12-27-28)26-13-23(25)10-3-11-30-14-23/h4-7,12,15,19-20,26H,3,8-11,13-14H2,1-2H3. The molecule has 2 saturated heterocycles. The summed E-state index contributed by atoms with van der Waals surface area (Å²) in [7, 11) is 0. The molecule has 0 amide bonds. The second-order valence-electron chi connectivity index (χ2n) is 8.83. The van der Waals surface area contributed by atoms with E-state index < -0.39 is 11.2 Å². The van der Waals surface area contributed by atoms with Crippen LogP contribution in [0.5, 0.6) is 0 Å². The van der Waals surface area contributed by atoms with Crippen molar-refractivity contribution in [2.24, 2.45) is 5.92 Å². The Morgan fingerprint density at radius 1 is 1.32 bits per heavy atom. The predicted molar refractivity (Wildman–Crippen MR) is 119 cm³/mol. The van der Waals surface area contributed by atoms with Crippen LogP contribution in [-0.4, -0.2) is 41.3 Å². The highest BCUT2D eigenvalue weighted by molar-refractivity contribution is 6.32. The number of nitrogens with one attached hydrogen (secondary N) is 1. The first-order chi connectivity index (χ1) is 14.9. The molecule has 3 atom stereocenters. The van der Waals surface area contributed by atoms with Gasteiger partial charge in [0.1, 0.15) is 5.02 Å². The molecule has 168 valence electrons. The lowest BCUT2D eigenvalue weighted by molar-refractivity contribution is -0.0234. The molecule has 2 aromatic rings. The Balaban J connectivity index is 1.46. The topological polar surface area (TPSA) is 65.4 Å². The van der Waals surface area contributed by atoms with Gasteiger partial charge in [0.15, 0.2) is 5.67 Å². The lowest BCUT2D eigenvalue weighted by Crippen LogP contribution is -2.40. The lowest BCUT2D eigenvalue weighted by atomic mass is 9.99. The zero-order valence-electron chi connectivity index (χ0n) is 17.9. The van der Waals surface area contributed by atoms with Crippen LogP contribution in [0.2, 0.25) is 5.02 Å². The number of nitrogens with zero attached hydrogens (tertiary/aromatic N) is 2. The molecule has 1 N–H and O–H groups in total. The number of hydrogen-bond acceptors (Lipinski definition) is 5. The van der Waals surface area contributed by atoms with Crippen molar-refractivity contribution < 1.29 is 13.9 Å². The number of halogens is 2. The van der Waals surface area contributed by atoms with Gasteiger partial charge in [-0.3, -0.25) is 4.79 Å². The zero-order chi connectivity index (χ0) is 22.0. The third-order valence-electron chi connectivity index (χ3n) is 6.09. The van der Waals surface area contributed by atoms with Gasteiger partial charge in [-0.15, -0.1) is 0 Å². The minimum absolute atomic E-state index is 0.0155. The van der Waals surface area contributed by atoms with Crippen LogP contribution in [0.25, 0.3) is 5.69 Å². The summed E-state index contributed by atoms with van der Waals surface area (Å²) in [6.07, 6.45) is 4.96. The number of alkyl halides is 1. The molecule has 3 heterocycles. The average molecular weight is 450 g/mol. The fourth-order valence-electron chi connectivity index (χ4n) is 4.18. The van der Waals surface area contributed by atoms with E-state index in [-0.39, 0.29) is 30.4 Å². The highest BCUT2D eigenvalue weighted by Crippen LogP contribution is 2.35. The Kier molecular flexibility index (Phi) is 6.65. The maximum absolute atomic E-state index is 14.7. The molecule has 2 fully saturated rings. The van der Waals surface area contributed by atoms with Gasteiger partial charge < -0.3 is 14.8 Å². The Morgan fingerprint density at radius 3 is 2.74 bits per heavy atom. The van der Waals surface area contributed by atoms with Crippen LogP contribution in [0.15, 0.2) is 35.3 Å². The Morgan fingerprint density at radius 2 is 2.10 bits per heavy atom. The average Bonchev–Trinajstić information content (AvgIpc) is 3.26. The third kappa shape index (κ3) is 4.94. The van der Waals surface area contributed by atoms with E-state index in [2.05, 4.69) is 24.3 Å². The quantitative estimate of drug-likeness (QED) is 0.692. The van der Waals surface area contributed by atoms with E-state index >= 15 is 0 Å². The van der Waals surface area contributed by atoms with Gasteiger partial charge in [-0.25, -0.2) is 4.39 Å². The molecule has 1 aromatic carbocycles. The van der Waals surface area contributed by atoms with Crippen molar-refractivity contribution in [1.82, 2.24) is 9.78 Å². The van der Waals surface area contributed by atoms with Crippen molar-refractivity contribution in [3.8, 4) is 5.69 Å². The maximum atomic E-state index is 14.7. The monoisotopic (exact) mass is 449 g/mol. The van der Waals surface area contributed by atoms with E-state index in [1.165, 1.54) is 10.9 Å². The van der Waals surface area contributed by atoms with Crippen LogP contribution < -0.4 is 10.9 Å². The Bertz CT molecular complexity index is 958. The van der Waals surface area contributed by atoms with Crippen molar-refractivity contribution in [1.29, 1.82) is 0 Å². The summed E-state index contributed by atoms with van der Waals surface area (Å²) in [6, 6.07) is 7.62. The summed E-state index contributed by atoms with van der Waals surface area (Å²) >= 11 is 6.28. The highest BCUT2D eigenvalue weighted by atomic mass is 35.5. The van der Waals surface area contributed by atoms with Crippen LogP contribution in [0, 0.1) is 5.92 Å². The summed E-state index contributed by atoms with van der Waals surface area (Å²) in [4.78, 5) is 12.8. The normalized spacial score (nSPS) is 26.4. The first-order valence-corrected chi connectivity index (χ1v) is 11.3. The SMILES string of the molecule is CC(C)C1CCC(c2ccc(-n3ncc(NCC4(F)CCCOC4)c(Cl)c3=O)cc2)O1. The van der Waals surface area contributed by atoms with E-state index in [0.717, 1.165) is 18.4 Å². The Labute approximate surface area is 186 Å². The minimum Gasteiger partial charge on any atom is -0.379 e. The first kappa shape index (κ1) is 22.2. The Hall–Kier alpha value is -1.96. The van der Waals surface area contributed by atoms with E-state index in [1.807, 2.05) is 24.3 Å². The molecule has 0 aliphatic carbocycles. The van der Waals surface area contributed by atoms with Crippen LogP contribution in [0.3, 0.4) is 0 Å². The molecule has 8 heteroatoms. The summed E-state index contributed by atoms with van der Waals surface area (Å²) in [5, 5.41) is 7.14. The largest absolute Gasteiger partial charge is 0.379 e. The number of rotatable bonds is 6. The van der Waals surface area contributed by atoms with Crippen molar-refractivity contribution in [3.63, 3.8) is 0 Å². The molecule has 0 radical (unpaired) electrons. The first-order valence-electron chi connectivity index (χ1n) is 10.9. The number of ether oxygens (including phenoxy) is 2. The lowest BCUT2D eigenvalue weighted by Gasteiger charge is -2.29. The molecular formula is C23H29ClFN3O3. The number of anilines is 1. The minimum atomic E-state index is -1.47. The van der Waals surface area contributed by atoms with Gasteiger partial charge in [-0.2, -0.15) is 9.78 Å². The van der Waals surface area contributed by atoms with E-state index in [9.17, 15) is 9.18 Å². The van der Waals surface area contributed by atoms with Crippen LogP contribution in [0.1, 0.15) is 51.2 Å². The number of hydrogen-bond donors (Lipinski definition) is 1. The molecule has 31 heavy (non-hydrogen) atoms. The van der Waals surface area contributed by atoms with Gasteiger partial charge >= 0.3 is 0 Å². The molecule has 3 unspecified atom stereocenters. The van der Waals surface area contributed by atoms with Crippen molar-refractivity contribution in [3.05, 3.63) is 51.4 Å². The van der Waals surface area contributed by atoms with Gasteiger partial charge in [0.05, 0.1) is 42.9 Å². The van der Waals surface area contributed by atoms with Gasteiger partial charge in [-0.05, 0) is 49.3 Å². The maximum Gasteiger partial charge on any atom is 0.292 e. The summed E-state index contributed by atoms with van der Waals surface area (Å²) in [6.45, 7) is 4.98. The van der Waals surface area contributed by atoms with Crippen molar-refractivity contribution >= 4 is 17.3 Å². The van der Waals surface area contributed by atoms with Gasteiger partial charge in [0, 0.05) is 6.61 Å². The molecular weight excluding hydrogens is 421 g/mol. The summed E-state index contributed by atoms with van der Waals surface area (Å²) < 4.78 is 27.3. The van der Waals surface area contributed by atoms with Crippen LogP contribution in [0.4, 0.5) is 10.1 Å². The van der Waals surface area contributed by atoms with Crippen molar-refractivity contribution in [2.75, 3.05) is 25.1 Å². The summed E-state index contributed by atoms with van der Waals surface area (Å²) in [5.41, 5.74) is 0.101. The van der Waals surface area contributed by atoms with Gasteiger partial charge in [-0.1, -0.05) is 37.6 Å². The molecule has 0 spiro atoms. The number of benzene rings is 1. The molecule has 2 aliphatic heterocycles. The van der Waals surface area contributed by atoms with Gasteiger partial charge in [0.2, 0.25) is 0 Å². The fourth-order valence-corrected chi connectivity index (χ4v) is 4.38. The van der Waals surface area contributed by atoms with Crippen LogP contribution >= 0.6 is 11.6 Å². The van der Waals surface area contributed by atoms with E-state index in [0.29, 0.717) is 36.7 Å². The van der Waals surface area contributed by atoms with Crippen molar-refractivity contribution in [2.45, 2.75) is 57.4 Å². The zero-order valence-corrected chi connectivity index (χ0v) is 18.7. The van der Waals surface area contributed by atoms with E-state index in [1.54, 1.807) is 0 Å². The smallest absolute Gasteiger partial charge is 0.292 e. The van der Waals surface area contributed by atoms with Crippen LogP contribution in [-0.2, 0) is 9.47 Å². The summed E-state index contributed by atoms with van der Waals surface area (Å²) in [5.74, 6) is 0.499. The molecule has 6 nitrogen and oxygen atoms in total. The highest BCUT2D eigenvalue weighted by Gasteiger charge is 2.33. The molecule has 0 bridgehead atoms. The molecule has 1 aromatic heterocycles. The molecule has 0 saturated carbocycles. The predicted octanol–water partition coefficient (Wildman–Crippen LogP) is 4.69. The molecule has 2 aliphatic rings. The molecule has 4 rings (SSSR count). The fraction of sp³-hybridized carbons (Fsp3) is 0.565. The van der Waals surface area contributed by atoms with Gasteiger partial charge in [0.25, 0.3) is 5.56 Å². The number of aromatic nitrogens is 2.